The minimum atomic E-state index is -0.668. The van der Waals surface area contributed by atoms with Crippen LogP contribution in [0.3, 0.4) is 0 Å². The molecule has 5 aromatic rings. The summed E-state index contributed by atoms with van der Waals surface area (Å²) in [5, 5.41) is 0. The minimum absolute atomic E-state index is 0.0529. The third-order valence-corrected chi connectivity index (χ3v) is 7.29. The fourth-order valence-electron chi connectivity index (χ4n) is 5.51. The number of rotatable bonds is 3. The van der Waals surface area contributed by atoms with E-state index in [4.69, 9.17) is 9.47 Å². The summed E-state index contributed by atoms with van der Waals surface area (Å²) in [5.74, 6) is -0.0529. The highest BCUT2D eigenvalue weighted by atomic mass is 16.6. The quantitative estimate of drug-likeness (QED) is 0.384. The predicted molar refractivity (Wildman–Crippen MR) is 141 cm³/mol. The molecule has 3 aromatic carbocycles. The van der Waals surface area contributed by atoms with Gasteiger partial charge in [0.05, 0.1) is 25.2 Å². The van der Waals surface area contributed by atoms with Gasteiger partial charge in [-0.25, -0.2) is 14.8 Å². The summed E-state index contributed by atoms with van der Waals surface area (Å²) < 4.78 is 13.8. The van der Waals surface area contributed by atoms with Gasteiger partial charge in [-0.1, -0.05) is 66.7 Å². The molecule has 2 aromatic heterocycles. The van der Waals surface area contributed by atoms with Gasteiger partial charge < -0.3 is 14.5 Å². The van der Waals surface area contributed by atoms with Crippen molar-refractivity contribution in [2.75, 3.05) is 18.1 Å². The highest BCUT2D eigenvalue weighted by molar-refractivity contribution is 5.89. The van der Waals surface area contributed by atoms with Gasteiger partial charge >= 0.3 is 6.09 Å². The second-order valence-corrected chi connectivity index (χ2v) is 9.36. The molecule has 1 unspecified atom stereocenters. The first-order chi connectivity index (χ1) is 18.7. The molecule has 9 heteroatoms. The lowest BCUT2D eigenvalue weighted by Crippen LogP contribution is -2.37. The van der Waals surface area contributed by atoms with E-state index in [-0.39, 0.29) is 36.8 Å². The number of benzene rings is 3. The topological polar surface area (TPSA) is 102 Å². The Bertz CT molecular complexity index is 1700. The first-order valence-electron chi connectivity index (χ1n) is 12.4. The Labute approximate surface area is 217 Å². The smallest absolute Gasteiger partial charge is 0.414 e. The SMILES string of the molecule is O=C(OCC1c2ccccc2-c2ccccc21)N1CC(n2cnc3nc[nH]c(=O)c32)OCc2ccccc21. The number of H-pyrrole nitrogens is 1. The zero-order valence-electron chi connectivity index (χ0n) is 20.3. The van der Waals surface area contributed by atoms with Gasteiger partial charge in [0.15, 0.2) is 17.4 Å². The highest BCUT2D eigenvalue weighted by Gasteiger charge is 2.33. The van der Waals surface area contributed by atoms with Crippen LogP contribution in [-0.2, 0) is 16.1 Å². The van der Waals surface area contributed by atoms with E-state index in [1.165, 1.54) is 23.8 Å². The second-order valence-electron chi connectivity index (χ2n) is 9.36. The number of hydrogen-bond donors (Lipinski definition) is 1. The maximum absolute atomic E-state index is 13.7. The molecule has 0 saturated carbocycles. The summed E-state index contributed by atoms with van der Waals surface area (Å²) in [7, 11) is 0. The monoisotopic (exact) mass is 505 g/mol. The summed E-state index contributed by atoms with van der Waals surface area (Å²) in [6, 6.07) is 24.1. The number of hydrogen-bond acceptors (Lipinski definition) is 6. The van der Waals surface area contributed by atoms with Crippen molar-refractivity contribution in [2.24, 2.45) is 0 Å². The van der Waals surface area contributed by atoms with E-state index in [1.807, 2.05) is 48.5 Å². The number of imidazole rings is 1. The van der Waals surface area contributed by atoms with E-state index in [0.29, 0.717) is 11.3 Å². The maximum atomic E-state index is 13.7. The number of amides is 1. The summed E-state index contributed by atoms with van der Waals surface area (Å²) in [6.07, 6.45) is 1.68. The Morgan fingerprint density at radius 1 is 0.974 bits per heavy atom. The van der Waals surface area contributed by atoms with Crippen molar-refractivity contribution in [3.8, 4) is 11.1 Å². The van der Waals surface area contributed by atoms with Crippen LogP contribution in [0.25, 0.3) is 22.3 Å². The van der Waals surface area contributed by atoms with Crippen LogP contribution in [0, 0.1) is 0 Å². The van der Waals surface area contributed by atoms with E-state index >= 15 is 0 Å². The van der Waals surface area contributed by atoms with E-state index in [2.05, 4.69) is 39.2 Å². The number of fused-ring (bicyclic) bond motifs is 5. The third kappa shape index (κ3) is 3.59. The Morgan fingerprint density at radius 2 is 1.68 bits per heavy atom. The van der Waals surface area contributed by atoms with Crippen LogP contribution >= 0.6 is 0 Å². The number of para-hydroxylation sites is 1. The number of nitrogens with one attached hydrogen (secondary N) is 1. The fourth-order valence-corrected chi connectivity index (χ4v) is 5.51. The molecule has 9 nitrogen and oxygen atoms in total. The fraction of sp³-hybridized carbons (Fsp3) is 0.172. The number of anilines is 1. The van der Waals surface area contributed by atoms with Crippen molar-refractivity contribution >= 4 is 22.9 Å². The van der Waals surface area contributed by atoms with Crippen LogP contribution in [0.5, 0.6) is 0 Å². The van der Waals surface area contributed by atoms with Gasteiger partial charge in [0.2, 0.25) is 0 Å². The molecule has 0 saturated heterocycles. The zero-order valence-corrected chi connectivity index (χ0v) is 20.3. The Balaban J connectivity index is 1.20. The minimum Gasteiger partial charge on any atom is -0.448 e. The van der Waals surface area contributed by atoms with Crippen LogP contribution in [0.15, 0.2) is 90.2 Å². The van der Waals surface area contributed by atoms with Crippen LogP contribution in [-0.4, -0.2) is 38.8 Å². The average Bonchev–Trinajstić information content (AvgIpc) is 3.46. The number of ether oxygens (including phenoxy) is 2. The lowest BCUT2D eigenvalue weighted by molar-refractivity contribution is 0.00257. The number of nitrogens with zero attached hydrogens (tertiary/aromatic N) is 4. The number of aromatic amines is 1. The molecule has 0 spiro atoms. The first-order valence-corrected chi connectivity index (χ1v) is 12.4. The predicted octanol–water partition coefficient (Wildman–Crippen LogP) is 4.60. The largest absolute Gasteiger partial charge is 0.448 e. The molecule has 0 radical (unpaired) electrons. The normalized spacial score (nSPS) is 16.5. The number of aromatic nitrogens is 4. The lowest BCUT2D eigenvalue weighted by Gasteiger charge is -2.26. The molecular weight excluding hydrogens is 482 g/mol. The van der Waals surface area contributed by atoms with Crippen molar-refractivity contribution in [1.29, 1.82) is 0 Å². The molecule has 3 heterocycles. The van der Waals surface area contributed by atoms with Crippen LogP contribution in [0.2, 0.25) is 0 Å². The van der Waals surface area contributed by atoms with Crippen molar-refractivity contribution in [1.82, 2.24) is 19.5 Å². The first kappa shape index (κ1) is 22.4. The average molecular weight is 506 g/mol. The van der Waals surface area contributed by atoms with Crippen molar-refractivity contribution in [2.45, 2.75) is 18.8 Å². The molecule has 1 aliphatic heterocycles. The number of carbonyl (C=O) groups excluding carboxylic acids is 1. The van der Waals surface area contributed by atoms with Crippen LogP contribution < -0.4 is 10.5 Å². The summed E-state index contributed by atoms with van der Waals surface area (Å²) >= 11 is 0. The third-order valence-electron chi connectivity index (χ3n) is 7.29. The van der Waals surface area contributed by atoms with Gasteiger partial charge in [-0.3, -0.25) is 14.3 Å². The van der Waals surface area contributed by atoms with Gasteiger partial charge in [0.1, 0.15) is 12.9 Å². The van der Waals surface area contributed by atoms with Crippen molar-refractivity contribution in [3.05, 3.63) is 112 Å². The van der Waals surface area contributed by atoms with E-state index in [9.17, 15) is 9.59 Å². The summed E-state index contributed by atoms with van der Waals surface area (Å²) in [4.78, 5) is 38.8. The molecule has 1 amide bonds. The van der Waals surface area contributed by atoms with Crippen LogP contribution in [0.4, 0.5) is 10.5 Å². The Kier molecular flexibility index (Phi) is 5.29. The molecular formula is C29H23N5O4. The lowest BCUT2D eigenvalue weighted by atomic mass is 9.98. The summed E-state index contributed by atoms with van der Waals surface area (Å²) in [5.41, 5.74) is 6.47. The second kappa shape index (κ2) is 8.97. The van der Waals surface area contributed by atoms with Gasteiger partial charge in [0, 0.05) is 11.5 Å². The van der Waals surface area contributed by atoms with E-state index in [1.54, 1.807) is 9.47 Å². The maximum Gasteiger partial charge on any atom is 0.414 e. The molecule has 188 valence electrons. The van der Waals surface area contributed by atoms with Gasteiger partial charge in [0.25, 0.3) is 5.56 Å². The number of carbonyl (C=O) groups is 1. The molecule has 1 N–H and O–H groups in total. The molecule has 38 heavy (non-hydrogen) atoms. The van der Waals surface area contributed by atoms with Crippen molar-refractivity contribution in [3.63, 3.8) is 0 Å². The van der Waals surface area contributed by atoms with Crippen molar-refractivity contribution < 1.29 is 14.3 Å². The Morgan fingerprint density at radius 3 is 2.47 bits per heavy atom. The standard InChI is InChI=1S/C29H23N5O4/c35-28-26-27(30-16-31-28)32-17-34(26)25-13-33(24-12-6-1-7-18(24)14-37-25)29(36)38-15-23-21-10-4-2-8-19(21)20-9-3-5-11-22(20)23/h1-12,16-17,23,25H,13-15H2,(H,30,31,35). The van der Waals surface area contributed by atoms with Crippen LogP contribution in [0.1, 0.15) is 28.8 Å². The molecule has 0 bridgehead atoms. The summed E-state index contributed by atoms with van der Waals surface area (Å²) in [6.45, 7) is 0.591. The molecule has 1 atom stereocenters. The van der Waals surface area contributed by atoms with Gasteiger partial charge in [-0.05, 0) is 28.3 Å². The molecule has 0 fully saturated rings. The van der Waals surface area contributed by atoms with Gasteiger partial charge in [-0.2, -0.15) is 0 Å². The zero-order chi connectivity index (χ0) is 25.6. The van der Waals surface area contributed by atoms with E-state index < -0.39 is 12.3 Å². The highest BCUT2D eigenvalue weighted by Crippen LogP contribution is 2.44. The van der Waals surface area contributed by atoms with Gasteiger partial charge in [-0.15, -0.1) is 0 Å². The Hall–Kier alpha value is -4.76. The molecule has 2 aliphatic rings. The van der Waals surface area contributed by atoms with E-state index in [0.717, 1.165) is 16.7 Å². The molecule has 1 aliphatic carbocycles. The molecule has 7 rings (SSSR count).